The molecule has 0 saturated carbocycles. The summed E-state index contributed by atoms with van der Waals surface area (Å²) in [5.74, 6) is -0.788. The van der Waals surface area contributed by atoms with Crippen LogP contribution in [-0.2, 0) is 4.65 Å². The zero-order valence-corrected chi connectivity index (χ0v) is 10.9. The molecule has 1 rings (SSSR count). The highest BCUT2D eigenvalue weighted by atomic mass is 16.5. The number of hydrogen-bond acceptors (Lipinski definition) is 5. The molecule has 0 radical (unpaired) electrons. The van der Waals surface area contributed by atoms with Gasteiger partial charge in [0, 0.05) is 5.46 Å². The van der Waals surface area contributed by atoms with Gasteiger partial charge >= 0.3 is 7.12 Å². The molecule has 0 aliphatic rings. The number of nitrogens with two attached hydrogens (primary N) is 1. The van der Waals surface area contributed by atoms with Crippen molar-refractivity contribution in [3.8, 4) is 0 Å². The Morgan fingerprint density at radius 1 is 1.44 bits per heavy atom. The van der Waals surface area contributed by atoms with Crippen molar-refractivity contribution in [2.75, 3.05) is 0 Å². The first-order chi connectivity index (χ1) is 8.04. The van der Waals surface area contributed by atoms with Crippen molar-refractivity contribution in [3.63, 3.8) is 0 Å². The summed E-state index contributed by atoms with van der Waals surface area (Å²) in [5.41, 5.74) is 3.16. The van der Waals surface area contributed by atoms with E-state index in [2.05, 4.69) is 0 Å². The zero-order valence-electron chi connectivity index (χ0n) is 10.9. The van der Waals surface area contributed by atoms with E-state index in [-0.39, 0.29) is 11.2 Å². The molecule has 7 heteroatoms. The second-order valence-corrected chi connectivity index (χ2v) is 5.15. The SMILES string of the molecule is CC(C)(O)C(C)(C)OB(O)c1coc(C(N)=O)c1. The third-order valence-corrected chi connectivity index (χ3v) is 3.03. The molecule has 0 fully saturated rings. The van der Waals surface area contributed by atoms with Crippen molar-refractivity contribution in [3.05, 3.63) is 18.1 Å². The molecule has 1 aromatic rings. The predicted molar refractivity (Wildman–Crippen MR) is 66.3 cm³/mol. The van der Waals surface area contributed by atoms with E-state index in [4.69, 9.17) is 14.8 Å². The molecule has 0 saturated heterocycles. The summed E-state index contributed by atoms with van der Waals surface area (Å²) in [5, 5.41) is 19.8. The van der Waals surface area contributed by atoms with Gasteiger partial charge in [0.15, 0.2) is 5.76 Å². The minimum absolute atomic E-state index is 0.0614. The summed E-state index contributed by atoms with van der Waals surface area (Å²) < 4.78 is 10.2. The lowest BCUT2D eigenvalue weighted by atomic mass is 9.78. The van der Waals surface area contributed by atoms with Gasteiger partial charge in [-0.2, -0.15) is 0 Å². The zero-order chi connectivity index (χ0) is 14.1. The van der Waals surface area contributed by atoms with Crippen molar-refractivity contribution in [1.29, 1.82) is 0 Å². The Labute approximate surface area is 106 Å². The van der Waals surface area contributed by atoms with Crippen LogP contribution in [0.3, 0.4) is 0 Å². The van der Waals surface area contributed by atoms with E-state index in [0.717, 1.165) is 0 Å². The molecule has 0 bridgehead atoms. The Kier molecular flexibility index (Phi) is 3.90. The average molecular weight is 255 g/mol. The highest BCUT2D eigenvalue weighted by Crippen LogP contribution is 2.25. The lowest BCUT2D eigenvalue weighted by Crippen LogP contribution is -2.53. The smallest absolute Gasteiger partial charge is 0.460 e. The van der Waals surface area contributed by atoms with E-state index >= 15 is 0 Å². The molecule has 1 amide bonds. The Balaban J connectivity index is 2.82. The summed E-state index contributed by atoms with van der Waals surface area (Å²) in [6.07, 6.45) is 1.19. The highest BCUT2D eigenvalue weighted by molar-refractivity contribution is 6.60. The van der Waals surface area contributed by atoms with Gasteiger partial charge in [0.25, 0.3) is 5.91 Å². The van der Waals surface area contributed by atoms with Crippen LogP contribution in [0.1, 0.15) is 38.2 Å². The van der Waals surface area contributed by atoms with Crippen LogP contribution in [0, 0.1) is 0 Å². The lowest BCUT2D eigenvalue weighted by Gasteiger charge is -2.38. The van der Waals surface area contributed by atoms with Crippen molar-refractivity contribution < 1.29 is 24.0 Å². The van der Waals surface area contributed by atoms with Gasteiger partial charge < -0.3 is 24.9 Å². The fraction of sp³-hybridized carbons (Fsp3) is 0.545. The average Bonchev–Trinajstić information content (AvgIpc) is 2.63. The molecule has 0 unspecified atom stereocenters. The summed E-state index contributed by atoms with van der Waals surface area (Å²) in [6, 6.07) is 1.30. The van der Waals surface area contributed by atoms with Crippen molar-refractivity contribution in [1.82, 2.24) is 0 Å². The molecule has 0 atom stereocenters. The van der Waals surface area contributed by atoms with Crippen LogP contribution in [0.4, 0.5) is 0 Å². The van der Waals surface area contributed by atoms with Crippen LogP contribution in [0.25, 0.3) is 0 Å². The minimum atomic E-state index is -1.32. The number of hydrogen-bond donors (Lipinski definition) is 3. The van der Waals surface area contributed by atoms with E-state index < -0.39 is 24.2 Å². The molecule has 0 aliphatic heterocycles. The van der Waals surface area contributed by atoms with Crippen LogP contribution in [0.2, 0.25) is 0 Å². The fourth-order valence-corrected chi connectivity index (χ4v) is 1.10. The summed E-state index contributed by atoms with van der Waals surface area (Å²) in [7, 11) is -1.32. The molecular weight excluding hydrogens is 237 g/mol. The van der Waals surface area contributed by atoms with Gasteiger partial charge in [0.2, 0.25) is 0 Å². The van der Waals surface area contributed by atoms with Crippen LogP contribution in [0.15, 0.2) is 16.7 Å². The number of carbonyl (C=O) groups excluding carboxylic acids is 1. The monoisotopic (exact) mass is 255 g/mol. The number of furan rings is 1. The topological polar surface area (TPSA) is 106 Å². The van der Waals surface area contributed by atoms with Gasteiger partial charge in [-0.15, -0.1) is 0 Å². The highest BCUT2D eigenvalue weighted by Gasteiger charge is 2.40. The van der Waals surface area contributed by atoms with Gasteiger partial charge in [0.05, 0.1) is 17.5 Å². The molecule has 18 heavy (non-hydrogen) atoms. The Bertz CT molecular complexity index is 435. The van der Waals surface area contributed by atoms with Crippen molar-refractivity contribution >= 4 is 18.5 Å². The second kappa shape index (κ2) is 4.76. The van der Waals surface area contributed by atoms with Crippen molar-refractivity contribution in [2.45, 2.75) is 38.9 Å². The van der Waals surface area contributed by atoms with Gasteiger partial charge in [0.1, 0.15) is 0 Å². The van der Waals surface area contributed by atoms with Gasteiger partial charge in [-0.05, 0) is 33.8 Å². The minimum Gasteiger partial charge on any atom is -0.460 e. The molecule has 0 aliphatic carbocycles. The standard InChI is InChI=1S/C11H18BNO5/c1-10(2,15)11(3,4)18-12(16)7-5-8(9(13)14)17-6-7/h5-6,15-16H,1-4H3,(H2,13,14). The number of primary amides is 1. The maximum absolute atomic E-state index is 10.8. The van der Waals surface area contributed by atoms with Gasteiger partial charge in [-0.3, -0.25) is 4.79 Å². The van der Waals surface area contributed by atoms with Crippen LogP contribution < -0.4 is 11.2 Å². The molecule has 1 heterocycles. The summed E-state index contributed by atoms with van der Waals surface area (Å²) >= 11 is 0. The Hall–Kier alpha value is -1.31. The molecule has 0 aromatic carbocycles. The first kappa shape index (κ1) is 14.8. The van der Waals surface area contributed by atoms with Crippen LogP contribution in [0.5, 0.6) is 0 Å². The first-order valence-electron chi connectivity index (χ1n) is 5.51. The molecule has 100 valence electrons. The Morgan fingerprint density at radius 3 is 2.39 bits per heavy atom. The number of aliphatic hydroxyl groups is 1. The van der Waals surface area contributed by atoms with Gasteiger partial charge in [-0.25, -0.2) is 0 Å². The largest absolute Gasteiger partial charge is 0.494 e. The quantitative estimate of drug-likeness (QED) is 0.622. The molecule has 4 N–H and O–H groups in total. The molecule has 6 nitrogen and oxygen atoms in total. The van der Waals surface area contributed by atoms with E-state index in [9.17, 15) is 14.9 Å². The van der Waals surface area contributed by atoms with E-state index in [1.165, 1.54) is 12.3 Å². The fourth-order valence-electron chi connectivity index (χ4n) is 1.10. The van der Waals surface area contributed by atoms with E-state index in [0.29, 0.717) is 0 Å². The summed E-state index contributed by atoms with van der Waals surface area (Å²) in [4.78, 5) is 10.8. The van der Waals surface area contributed by atoms with Gasteiger partial charge in [-0.1, -0.05) is 0 Å². The third-order valence-electron chi connectivity index (χ3n) is 3.03. The second-order valence-electron chi connectivity index (χ2n) is 5.15. The van der Waals surface area contributed by atoms with E-state index in [1.807, 2.05) is 0 Å². The lowest BCUT2D eigenvalue weighted by molar-refractivity contribution is -0.0982. The third kappa shape index (κ3) is 3.13. The van der Waals surface area contributed by atoms with Crippen molar-refractivity contribution in [2.24, 2.45) is 5.73 Å². The van der Waals surface area contributed by atoms with Crippen LogP contribution in [-0.4, -0.2) is 34.4 Å². The molecular formula is C11H18BNO5. The Morgan fingerprint density at radius 2 is 2.00 bits per heavy atom. The predicted octanol–water partition coefficient (Wildman–Crippen LogP) is -0.368. The number of carbonyl (C=O) groups is 1. The van der Waals surface area contributed by atoms with E-state index in [1.54, 1.807) is 27.7 Å². The molecule has 0 spiro atoms. The normalized spacial score (nSPS) is 12.6. The maximum Gasteiger partial charge on any atom is 0.494 e. The van der Waals surface area contributed by atoms with Crippen LogP contribution >= 0.6 is 0 Å². The first-order valence-corrected chi connectivity index (χ1v) is 5.51. The summed E-state index contributed by atoms with van der Waals surface area (Å²) in [6.45, 7) is 6.43. The molecule has 1 aromatic heterocycles. The maximum atomic E-state index is 10.8. The number of amides is 1. The number of rotatable bonds is 5.